The second-order valence-electron chi connectivity index (χ2n) is 5.86. The largest absolute Gasteiger partial charge is 0.423 e. The molecule has 22 heavy (non-hydrogen) atoms. The van der Waals surface area contributed by atoms with Crippen LogP contribution < -0.4 is 16.2 Å². The molecule has 1 aliphatic heterocycles. The molecule has 7 nitrogen and oxygen atoms in total. The Kier molecular flexibility index (Phi) is 2.82. The highest BCUT2D eigenvalue weighted by molar-refractivity contribution is 6.07. The van der Waals surface area contributed by atoms with Crippen molar-refractivity contribution in [2.24, 2.45) is 0 Å². The van der Waals surface area contributed by atoms with Crippen molar-refractivity contribution in [2.45, 2.75) is 37.8 Å². The van der Waals surface area contributed by atoms with E-state index in [4.69, 9.17) is 0 Å². The van der Waals surface area contributed by atoms with E-state index in [-0.39, 0.29) is 23.3 Å². The number of nitrogens with zero attached hydrogens (tertiary/aromatic N) is 2. The average Bonchev–Trinajstić information content (AvgIpc) is 2.68. The van der Waals surface area contributed by atoms with Crippen LogP contribution in [0.1, 0.15) is 36.0 Å². The van der Waals surface area contributed by atoms with Crippen LogP contribution in [-0.4, -0.2) is 32.9 Å². The number of hydrogen-bond donors (Lipinski definition) is 3. The lowest BCUT2D eigenvalue weighted by molar-refractivity contribution is 0.0923. The second kappa shape index (κ2) is 4.72. The van der Waals surface area contributed by atoms with Crippen molar-refractivity contribution in [1.82, 2.24) is 15.0 Å². The van der Waals surface area contributed by atoms with Gasteiger partial charge in [-0.25, -0.2) is 4.98 Å². The van der Waals surface area contributed by atoms with Crippen molar-refractivity contribution in [1.29, 1.82) is 0 Å². The van der Waals surface area contributed by atoms with E-state index in [0.29, 0.717) is 15.8 Å². The minimum absolute atomic E-state index is 0.00640. The minimum atomic E-state index is -0.746. The van der Waals surface area contributed by atoms with Crippen LogP contribution in [0.5, 0.6) is 0 Å². The number of aromatic nitrogens is 2. The smallest absolute Gasteiger partial charge is 0.299 e. The summed E-state index contributed by atoms with van der Waals surface area (Å²) in [4.78, 5) is 28.9. The SMILES string of the molecule is O=C1N[C@H]2CCCC[C@@H]2Nc2c1c(=O)n(O)c1ncccc21. The average molecular weight is 300 g/mol. The number of carbonyl (C=O) groups is 1. The molecule has 1 fully saturated rings. The fourth-order valence-corrected chi connectivity index (χ4v) is 3.47. The highest BCUT2D eigenvalue weighted by atomic mass is 16.5. The van der Waals surface area contributed by atoms with Crippen LogP contribution in [0.15, 0.2) is 23.1 Å². The van der Waals surface area contributed by atoms with E-state index in [9.17, 15) is 14.8 Å². The van der Waals surface area contributed by atoms with E-state index < -0.39 is 11.5 Å². The van der Waals surface area contributed by atoms with Crippen molar-refractivity contribution in [3.63, 3.8) is 0 Å². The van der Waals surface area contributed by atoms with Crippen molar-refractivity contribution in [3.8, 4) is 0 Å². The number of fused-ring (bicyclic) bond motifs is 4. The Morgan fingerprint density at radius 1 is 1.18 bits per heavy atom. The molecule has 7 heteroatoms. The van der Waals surface area contributed by atoms with Gasteiger partial charge in [0.25, 0.3) is 11.5 Å². The van der Waals surface area contributed by atoms with Crippen LogP contribution >= 0.6 is 0 Å². The zero-order chi connectivity index (χ0) is 15.3. The highest BCUT2D eigenvalue weighted by Crippen LogP contribution is 2.30. The third-order valence-electron chi connectivity index (χ3n) is 4.55. The number of anilines is 1. The summed E-state index contributed by atoms with van der Waals surface area (Å²) in [7, 11) is 0. The first-order chi connectivity index (χ1) is 10.7. The molecular weight excluding hydrogens is 284 g/mol. The maximum Gasteiger partial charge on any atom is 0.299 e. The van der Waals surface area contributed by atoms with Crippen LogP contribution in [0.25, 0.3) is 11.0 Å². The molecule has 2 aromatic heterocycles. The summed E-state index contributed by atoms with van der Waals surface area (Å²) in [5.41, 5.74) is -0.159. The molecule has 0 unspecified atom stereocenters. The molecule has 3 heterocycles. The summed E-state index contributed by atoms with van der Waals surface area (Å²) < 4.78 is 0.449. The summed E-state index contributed by atoms with van der Waals surface area (Å²) in [5.74, 6) is -0.435. The molecule has 0 spiro atoms. The van der Waals surface area contributed by atoms with Gasteiger partial charge in [0.1, 0.15) is 5.56 Å². The number of nitrogens with one attached hydrogen (secondary N) is 2. The standard InChI is InChI=1S/C15H16N4O3/c20-14-11-12(17-9-5-1-2-6-10(9)18-14)8-4-3-7-16-13(8)19(22)15(11)21/h3-4,7,9-10,17,22H,1-2,5-6H2,(H,18,20)/t9-,10-/m0/s1. The van der Waals surface area contributed by atoms with Crippen LogP contribution in [0.3, 0.4) is 0 Å². The number of rotatable bonds is 0. The van der Waals surface area contributed by atoms with Gasteiger partial charge in [0.15, 0.2) is 5.65 Å². The fourth-order valence-electron chi connectivity index (χ4n) is 3.47. The van der Waals surface area contributed by atoms with E-state index in [2.05, 4.69) is 15.6 Å². The Morgan fingerprint density at radius 2 is 1.91 bits per heavy atom. The zero-order valence-electron chi connectivity index (χ0n) is 11.9. The molecule has 1 saturated carbocycles. The first kappa shape index (κ1) is 13.1. The molecular formula is C15H16N4O3. The maximum atomic E-state index is 12.5. The molecule has 2 atom stereocenters. The molecule has 114 valence electrons. The summed E-state index contributed by atoms with van der Waals surface area (Å²) in [5, 5.41) is 16.9. The summed E-state index contributed by atoms with van der Waals surface area (Å²) in [6.45, 7) is 0. The van der Waals surface area contributed by atoms with Gasteiger partial charge in [-0.15, -0.1) is 4.73 Å². The number of pyridine rings is 2. The topological polar surface area (TPSA) is 96.2 Å². The predicted molar refractivity (Wildman–Crippen MR) is 80.3 cm³/mol. The van der Waals surface area contributed by atoms with E-state index >= 15 is 0 Å². The molecule has 1 aliphatic carbocycles. The molecule has 0 saturated heterocycles. The normalized spacial score (nSPS) is 23.9. The van der Waals surface area contributed by atoms with Gasteiger partial charge in [-0.3, -0.25) is 9.59 Å². The van der Waals surface area contributed by atoms with Gasteiger partial charge in [-0.05, 0) is 25.0 Å². The quantitative estimate of drug-likeness (QED) is 0.633. The highest BCUT2D eigenvalue weighted by Gasteiger charge is 2.34. The third kappa shape index (κ3) is 1.78. The number of carbonyl (C=O) groups excluding carboxylic acids is 1. The minimum Gasteiger partial charge on any atom is -0.423 e. The Balaban J connectivity index is 2.00. The summed E-state index contributed by atoms with van der Waals surface area (Å²) in [6.07, 6.45) is 5.48. The molecule has 2 aromatic rings. The van der Waals surface area contributed by atoms with Gasteiger partial charge in [0.2, 0.25) is 0 Å². The van der Waals surface area contributed by atoms with Crippen LogP contribution in [0.4, 0.5) is 5.69 Å². The van der Waals surface area contributed by atoms with E-state index in [1.54, 1.807) is 12.1 Å². The van der Waals surface area contributed by atoms with Crippen LogP contribution in [0.2, 0.25) is 0 Å². The Morgan fingerprint density at radius 3 is 2.68 bits per heavy atom. The van der Waals surface area contributed by atoms with Crippen LogP contribution in [-0.2, 0) is 0 Å². The maximum absolute atomic E-state index is 12.5. The van der Waals surface area contributed by atoms with E-state index in [1.807, 2.05) is 0 Å². The lowest BCUT2D eigenvalue weighted by Gasteiger charge is -2.31. The molecule has 0 aromatic carbocycles. The lowest BCUT2D eigenvalue weighted by Crippen LogP contribution is -2.46. The first-order valence-corrected chi connectivity index (χ1v) is 7.47. The van der Waals surface area contributed by atoms with Gasteiger partial charge < -0.3 is 15.8 Å². The molecule has 0 bridgehead atoms. The lowest BCUT2D eigenvalue weighted by atomic mass is 9.90. The van der Waals surface area contributed by atoms with Gasteiger partial charge in [0.05, 0.1) is 5.69 Å². The second-order valence-corrected chi connectivity index (χ2v) is 5.86. The molecule has 0 radical (unpaired) electrons. The molecule has 1 amide bonds. The van der Waals surface area contributed by atoms with Gasteiger partial charge >= 0.3 is 0 Å². The Hall–Kier alpha value is -2.57. The number of amides is 1. The monoisotopic (exact) mass is 300 g/mol. The molecule has 3 N–H and O–H groups in total. The van der Waals surface area contributed by atoms with E-state index in [0.717, 1.165) is 25.7 Å². The predicted octanol–water partition coefficient (Wildman–Crippen LogP) is 1.10. The molecule has 2 aliphatic rings. The van der Waals surface area contributed by atoms with Crippen LogP contribution in [0, 0.1) is 0 Å². The first-order valence-electron chi connectivity index (χ1n) is 7.47. The van der Waals surface area contributed by atoms with Gasteiger partial charge in [-0.1, -0.05) is 12.8 Å². The van der Waals surface area contributed by atoms with Crippen molar-refractivity contribution < 1.29 is 10.0 Å². The summed E-state index contributed by atoms with van der Waals surface area (Å²) >= 11 is 0. The number of hydrogen-bond acceptors (Lipinski definition) is 5. The van der Waals surface area contributed by atoms with Gasteiger partial charge in [-0.2, -0.15) is 0 Å². The van der Waals surface area contributed by atoms with E-state index in [1.165, 1.54) is 6.20 Å². The third-order valence-corrected chi connectivity index (χ3v) is 4.55. The van der Waals surface area contributed by atoms with Gasteiger partial charge in [0, 0.05) is 23.7 Å². The van der Waals surface area contributed by atoms with Crippen molar-refractivity contribution in [3.05, 3.63) is 34.2 Å². The molecule has 4 rings (SSSR count). The summed E-state index contributed by atoms with van der Waals surface area (Å²) in [6, 6.07) is 3.57. The zero-order valence-corrected chi connectivity index (χ0v) is 11.9. The fraction of sp³-hybridized carbons (Fsp3) is 0.400. The van der Waals surface area contributed by atoms with Crippen molar-refractivity contribution in [2.75, 3.05) is 5.32 Å². The Bertz CT molecular complexity index is 829. The van der Waals surface area contributed by atoms with Crippen molar-refractivity contribution >= 4 is 22.6 Å². The Labute approximate surface area is 125 Å².